The summed E-state index contributed by atoms with van der Waals surface area (Å²) in [6, 6.07) is 0.513. The van der Waals surface area contributed by atoms with Gasteiger partial charge in [-0.1, -0.05) is 20.8 Å². The maximum atomic E-state index is 4.45. The minimum absolute atomic E-state index is 0.358. The van der Waals surface area contributed by atoms with E-state index in [0.29, 0.717) is 16.9 Å². The Hall–Kier alpha value is -1.12. The van der Waals surface area contributed by atoms with Crippen molar-refractivity contribution in [2.24, 2.45) is 16.7 Å². The molecule has 2 fully saturated rings. The molecular weight excluding hydrogens is 222 g/mol. The normalized spacial score (nSPS) is 36.9. The average molecular weight is 245 g/mol. The molecule has 2 aliphatic rings. The molecule has 3 atom stereocenters. The van der Waals surface area contributed by atoms with E-state index in [4.69, 9.17) is 0 Å². The molecule has 3 unspecified atom stereocenters. The Morgan fingerprint density at radius 3 is 2.56 bits per heavy atom. The van der Waals surface area contributed by atoms with Gasteiger partial charge in [0.05, 0.1) is 5.69 Å². The van der Waals surface area contributed by atoms with E-state index in [1.54, 1.807) is 12.4 Å². The summed E-state index contributed by atoms with van der Waals surface area (Å²) in [5, 5.41) is 3.70. The maximum Gasteiger partial charge on any atom is 0.147 e. The Balaban J connectivity index is 1.91. The van der Waals surface area contributed by atoms with Gasteiger partial charge in [-0.3, -0.25) is 4.98 Å². The lowest BCUT2D eigenvalue weighted by Gasteiger charge is -2.43. The maximum absolute atomic E-state index is 4.45. The molecule has 2 saturated carbocycles. The number of anilines is 1. The zero-order valence-electron chi connectivity index (χ0n) is 11.8. The van der Waals surface area contributed by atoms with E-state index >= 15 is 0 Å². The Labute approximate surface area is 109 Å². The summed E-state index contributed by atoms with van der Waals surface area (Å²) in [7, 11) is 0. The number of hydrogen-bond acceptors (Lipinski definition) is 3. The van der Waals surface area contributed by atoms with E-state index in [1.165, 1.54) is 19.3 Å². The van der Waals surface area contributed by atoms with Gasteiger partial charge in [0.1, 0.15) is 5.82 Å². The lowest BCUT2D eigenvalue weighted by molar-refractivity contribution is 0.155. The molecule has 0 aromatic carbocycles. The van der Waals surface area contributed by atoms with Crippen LogP contribution in [0.1, 0.15) is 45.7 Å². The largest absolute Gasteiger partial charge is 0.365 e. The highest BCUT2D eigenvalue weighted by atomic mass is 15.1. The molecule has 3 heteroatoms. The summed E-state index contributed by atoms with van der Waals surface area (Å²) >= 11 is 0. The number of rotatable bonds is 2. The molecule has 0 aliphatic heterocycles. The molecule has 98 valence electrons. The number of nitrogens with one attached hydrogen (secondary N) is 1. The summed E-state index contributed by atoms with van der Waals surface area (Å²) in [5.41, 5.74) is 1.79. The second-order valence-electron chi connectivity index (χ2n) is 6.98. The molecule has 0 amide bonds. The van der Waals surface area contributed by atoms with Crippen LogP contribution in [-0.2, 0) is 0 Å². The van der Waals surface area contributed by atoms with Crippen molar-refractivity contribution < 1.29 is 0 Å². The van der Waals surface area contributed by atoms with Crippen LogP contribution in [-0.4, -0.2) is 16.0 Å². The average Bonchev–Trinajstić information content (AvgIpc) is 2.78. The summed E-state index contributed by atoms with van der Waals surface area (Å²) in [6.07, 6.45) is 7.63. The third-order valence-corrected chi connectivity index (χ3v) is 5.43. The Morgan fingerprint density at radius 2 is 1.94 bits per heavy atom. The van der Waals surface area contributed by atoms with Crippen LogP contribution in [0.3, 0.4) is 0 Å². The molecule has 3 nitrogen and oxygen atoms in total. The molecule has 1 aromatic heterocycles. The highest BCUT2D eigenvalue weighted by Gasteiger charge is 2.59. The van der Waals surface area contributed by atoms with Crippen molar-refractivity contribution in [3.8, 4) is 0 Å². The number of hydrogen-bond donors (Lipinski definition) is 1. The van der Waals surface area contributed by atoms with Crippen LogP contribution in [0, 0.1) is 23.7 Å². The number of aryl methyl sites for hydroxylation is 1. The van der Waals surface area contributed by atoms with Crippen molar-refractivity contribution in [2.45, 2.75) is 53.0 Å². The predicted octanol–water partition coefficient (Wildman–Crippen LogP) is 3.41. The number of fused-ring (bicyclic) bond motifs is 2. The summed E-state index contributed by atoms with van der Waals surface area (Å²) in [4.78, 5) is 8.78. The van der Waals surface area contributed by atoms with Crippen LogP contribution in [0.5, 0.6) is 0 Å². The van der Waals surface area contributed by atoms with Gasteiger partial charge in [-0.05, 0) is 42.9 Å². The molecule has 1 N–H and O–H groups in total. The van der Waals surface area contributed by atoms with Crippen LogP contribution in [0.4, 0.5) is 5.82 Å². The first-order valence-corrected chi connectivity index (χ1v) is 6.98. The third kappa shape index (κ3) is 1.56. The van der Waals surface area contributed by atoms with Gasteiger partial charge in [0.25, 0.3) is 0 Å². The monoisotopic (exact) mass is 245 g/mol. The van der Waals surface area contributed by atoms with E-state index in [2.05, 4.69) is 36.1 Å². The second-order valence-corrected chi connectivity index (χ2v) is 6.98. The zero-order valence-corrected chi connectivity index (χ0v) is 11.8. The predicted molar refractivity (Wildman–Crippen MR) is 73.4 cm³/mol. The van der Waals surface area contributed by atoms with Crippen molar-refractivity contribution in [3.05, 3.63) is 18.1 Å². The highest BCUT2D eigenvalue weighted by molar-refractivity contribution is 5.42. The van der Waals surface area contributed by atoms with Crippen LogP contribution in [0.15, 0.2) is 12.4 Å². The molecule has 3 rings (SSSR count). The first kappa shape index (κ1) is 11.9. The van der Waals surface area contributed by atoms with E-state index in [-0.39, 0.29) is 0 Å². The van der Waals surface area contributed by atoms with Gasteiger partial charge in [-0.15, -0.1) is 0 Å². The van der Waals surface area contributed by atoms with E-state index in [1.807, 2.05) is 6.92 Å². The van der Waals surface area contributed by atoms with Gasteiger partial charge in [0.15, 0.2) is 0 Å². The fourth-order valence-corrected chi connectivity index (χ4v) is 4.35. The quantitative estimate of drug-likeness (QED) is 0.867. The van der Waals surface area contributed by atoms with Crippen LogP contribution >= 0.6 is 0 Å². The SMILES string of the molecule is Cc1nccnc1NC1C2(C)CCC(C2)C1(C)C. The van der Waals surface area contributed by atoms with Crippen LogP contribution in [0.25, 0.3) is 0 Å². The molecule has 0 spiro atoms. The Bertz CT molecular complexity index is 464. The fourth-order valence-electron chi connectivity index (χ4n) is 4.35. The summed E-state index contributed by atoms with van der Waals surface area (Å²) < 4.78 is 0. The Morgan fingerprint density at radius 1 is 1.22 bits per heavy atom. The first-order chi connectivity index (χ1) is 8.43. The van der Waals surface area contributed by atoms with Crippen molar-refractivity contribution >= 4 is 5.82 Å². The van der Waals surface area contributed by atoms with Gasteiger partial charge in [-0.25, -0.2) is 4.98 Å². The van der Waals surface area contributed by atoms with Crippen LogP contribution in [0.2, 0.25) is 0 Å². The molecular formula is C15H23N3. The lowest BCUT2D eigenvalue weighted by Crippen LogP contribution is -2.46. The van der Waals surface area contributed by atoms with Gasteiger partial charge in [-0.2, -0.15) is 0 Å². The molecule has 0 saturated heterocycles. The lowest BCUT2D eigenvalue weighted by atomic mass is 9.68. The van der Waals surface area contributed by atoms with Crippen LogP contribution < -0.4 is 5.32 Å². The molecule has 2 bridgehead atoms. The standard InChI is InChI=1S/C15H23N3/c1-10-12(17-8-7-16-10)18-13-14(2,3)11-5-6-15(13,4)9-11/h7-8,11,13H,5-6,9H2,1-4H3,(H,17,18). The molecule has 1 aromatic rings. The van der Waals surface area contributed by atoms with E-state index in [9.17, 15) is 0 Å². The Kier molecular flexibility index (Phi) is 2.45. The number of nitrogens with zero attached hydrogens (tertiary/aromatic N) is 2. The van der Waals surface area contributed by atoms with Gasteiger partial charge in [0.2, 0.25) is 0 Å². The topological polar surface area (TPSA) is 37.8 Å². The smallest absolute Gasteiger partial charge is 0.147 e. The third-order valence-electron chi connectivity index (χ3n) is 5.43. The van der Waals surface area contributed by atoms with E-state index < -0.39 is 0 Å². The van der Waals surface area contributed by atoms with E-state index in [0.717, 1.165) is 17.4 Å². The van der Waals surface area contributed by atoms with Gasteiger partial charge in [0, 0.05) is 18.4 Å². The summed E-state index contributed by atoms with van der Waals surface area (Å²) in [5.74, 6) is 1.82. The zero-order chi connectivity index (χ0) is 13.0. The first-order valence-electron chi connectivity index (χ1n) is 6.98. The second kappa shape index (κ2) is 3.69. The molecule has 2 aliphatic carbocycles. The van der Waals surface area contributed by atoms with Gasteiger partial charge < -0.3 is 5.32 Å². The fraction of sp³-hybridized carbons (Fsp3) is 0.733. The summed E-state index contributed by atoms with van der Waals surface area (Å²) in [6.45, 7) is 9.28. The molecule has 18 heavy (non-hydrogen) atoms. The minimum Gasteiger partial charge on any atom is -0.365 e. The molecule has 1 heterocycles. The molecule has 0 radical (unpaired) electrons. The van der Waals surface area contributed by atoms with Gasteiger partial charge >= 0.3 is 0 Å². The highest BCUT2D eigenvalue weighted by Crippen LogP contribution is 2.63. The van der Waals surface area contributed by atoms with Crippen molar-refractivity contribution in [2.75, 3.05) is 5.32 Å². The minimum atomic E-state index is 0.358. The number of aromatic nitrogens is 2. The van der Waals surface area contributed by atoms with Crippen molar-refractivity contribution in [1.82, 2.24) is 9.97 Å². The van der Waals surface area contributed by atoms with Crippen molar-refractivity contribution in [1.29, 1.82) is 0 Å². The van der Waals surface area contributed by atoms with Crippen molar-refractivity contribution in [3.63, 3.8) is 0 Å².